The first-order chi connectivity index (χ1) is 13.7. The Bertz CT molecular complexity index is 759. The molecule has 1 fully saturated rings. The van der Waals surface area contributed by atoms with Crippen molar-refractivity contribution in [3.63, 3.8) is 0 Å². The van der Waals surface area contributed by atoms with Gasteiger partial charge in [-0.2, -0.15) is 0 Å². The van der Waals surface area contributed by atoms with Crippen LogP contribution in [0.1, 0.15) is 13.8 Å². The maximum absolute atomic E-state index is 12.5. The third-order valence-electron chi connectivity index (χ3n) is 4.84. The van der Waals surface area contributed by atoms with Gasteiger partial charge < -0.3 is 19.9 Å². The highest BCUT2D eigenvalue weighted by atomic mass is 32.2. The van der Waals surface area contributed by atoms with Crippen LogP contribution < -0.4 is 15.0 Å². The monoisotopic (exact) mass is 399 g/mol. The molecular weight excluding hydrogens is 370 g/mol. The largest absolute Gasteiger partial charge is 0.494 e. The van der Waals surface area contributed by atoms with Gasteiger partial charge in [0.05, 0.1) is 23.7 Å². The number of benzene rings is 2. The van der Waals surface area contributed by atoms with Gasteiger partial charge in [-0.25, -0.2) is 0 Å². The fourth-order valence-corrected chi connectivity index (χ4v) is 3.99. The van der Waals surface area contributed by atoms with Gasteiger partial charge in [0.25, 0.3) is 0 Å². The Morgan fingerprint density at radius 2 is 1.75 bits per heavy atom. The number of hydrogen-bond acceptors (Lipinski definition) is 5. The molecule has 1 heterocycles. The molecule has 0 unspecified atom stereocenters. The first-order valence-corrected chi connectivity index (χ1v) is 10.9. The lowest BCUT2D eigenvalue weighted by molar-refractivity contribution is -0.113. The number of likely N-dealkylation sites (N-methyl/N-ethyl adjacent to an activating group) is 1. The second-order valence-electron chi connectivity index (χ2n) is 6.68. The summed E-state index contributed by atoms with van der Waals surface area (Å²) in [4.78, 5) is 18.4. The Hall–Kier alpha value is -2.18. The molecule has 150 valence electrons. The highest BCUT2D eigenvalue weighted by Crippen LogP contribution is 2.27. The summed E-state index contributed by atoms with van der Waals surface area (Å²) in [5.41, 5.74) is 2.00. The highest BCUT2D eigenvalue weighted by molar-refractivity contribution is 8.00. The van der Waals surface area contributed by atoms with Crippen molar-refractivity contribution in [3.8, 4) is 5.75 Å². The third kappa shape index (κ3) is 5.66. The standard InChI is InChI=1S/C22H29N3O2S/c1-3-24-13-15-25(16-14-24)21-8-6-5-7-20(21)23-22(26)17-28-19-11-9-18(10-12-19)27-4-2/h5-12H,3-4,13-17H2,1-2H3,(H,23,26). The summed E-state index contributed by atoms with van der Waals surface area (Å²) in [6.45, 7) is 10.0. The van der Waals surface area contributed by atoms with Crippen molar-refractivity contribution in [2.24, 2.45) is 0 Å². The SMILES string of the molecule is CCOc1ccc(SCC(=O)Nc2ccccc2N2CCN(CC)CC2)cc1. The summed E-state index contributed by atoms with van der Waals surface area (Å²) in [6, 6.07) is 15.9. The molecule has 5 nitrogen and oxygen atoms in total. The van der Waals surface area contributed by atoms with Gasteiger partial charge in [-0.05, 0) is 49.9 Å². The number of anilines is 2. The third-order valence-corrected chi connectivity index (χ3v) is 5.86. The van der Waals surface area contributed by atoms with Crippen molar-refractivity contribution in [1.29, 1.82) is 0 Å². The molecule has 2 aromatic rings. The minimum absolute atomic E-state index is 0.0125. The number of piperazine rings is 1. The lowest BCUT2D eigenvalue weighted by Gasteiger charge is -2.36. The molecule has 1 aliphatic rings. The topological polar surface area (TPSA) is 44.8 Å². The molecule has 2 aromatic carbocycles. The van der Waals surface area contributed by atoms with E-state index in [0.717, 1.165) is 54.7 Å². The first kappa shape index (κ1) is 20.6. The van der Waals surface area contributed by atoms with E-state index in [1.54, 1.807) is 0 Å². The minimum Gasteiger partial charge on any atom is -0.494 e. The van der Waals surface area contributed by atoms with Crippen molar-refractivity contribution in [2.75, 3.05) is 55.3 Å². The average molecular weight is 400 g/mol. The van der Waals surface area contributed by atoms with Gasteiger partial charge in [0.15, 0.2) is 0 Å². The Balaban J connectivity index is 1.55. The minimum atomic E-state index is 0.0125. The molecule has 0 atom stereocenters. The maximum atomic E-state index is 12.5. The number of nitrogens with zero attached hydrogens (tertiary/aromatic N) is 2. The summed E-state index contributed by atoms with van der Waals surface area (Å²) in [7, 11) is 0. The van der Waals surface area contributed by atoms with E-state index >= 15 is 0 Å². The Morgan fingerprint density at radius 3 is 2.43 bits per heavy atom. The zero-order valence-corrected chi connectivity index (χ0v) is 17.5. The molecule has 1 N–H and O–H groups in total. The van der Waals surface area contributed by atoms with E-state index in [2.05, 4.69) is 28.1 Å². The number of carbonyl (C=O) groups excluding carboxylic acids is 1. The second-order valence-corrected chi connectivity index (χ2v) is 7.73. The molecule has 0 spiro atoms. The van der Waals surface area contributed by atoms with Crippen LogP contribution in [0.4, 0.5) is 11.4 Å². The normalized spacial score (nSPS) is 14.7. The van der Waals surface area contributed by atoms with Crippen LogP contribution in [0.2, 0.25) is 0 Å². The van der Waals surface area contributed by atoms with E-state index in [1.165, 1.54) is 11.8 Å². The average Bonchev–Trinajstić information content (AvgIpc) is 2.74. The van der Waals surface area contributed by atoms with Crippen molar-refractivity contribution >= 4 is 29.0 Å². The summed E-state index contributed by atoms with van der Waals surface area (Å²) in [5.74, 6) is 1.25. The van der Waals surface area contributed by atoms with Crippen LogP contribution in [0.15, 0.2) is 53.4 Å². The van der Waals surface area contributed by atoms with Gasteiger partial charge in [0, 0.05) is 31.1 Å². The van der Waals surface area contributed by atoms with E-state index in [4.69, 9.17) is 4.74 Å². The molecule has 0 bridgehead atoms. The van der Waals surface area contributed by atoms with Gasteiger partial charge in [0.1, 0.15) is 5.75 Å². The molecular formula is C22H29N3O2S. The smallest absolute Gasteiger partial charge is 0.234 e. The number of hydrogen-bond donors (Lipinski definition) is 1. The molecule has 3 rings (SSSR count). The number of nitrogens with one attached hydrogen (secondary N) is 1. The number of thioether (sulfide) groups is 1. The molecule has 0 aromatic heterocycles. The summed E-state index contributed by atoms with van der Waals surface area (Å²) < 4.78 is 5.45. The van der Waals surface area contributed by atoms with Crippen LogP contribution in [-0.2, 0) is 4.79 Å². The van der Waals surface area contributed by atoms with Crippen molar-refractivity contribution < 1.29 is 9.53 Å². The lowest BCUT2D eigenvalue weighted by atomic mass is 10.2. The van der Waals surface area contributed by atoms with Crippen LogP contribution in [0.25, 0.3) is 0 Å². The van der Waals surface area contributed by atoms with Gasteiger partial charge >= 0.3 is 0 Å². The predicted molar refractivity (Wildman–Crippen MR) is 118 cm³/mol. The predicted octanol–water partition coefficient (Wildman–Crippen LogP) is 3.96. The second kappa shape index (κ2) is 10.4. The molecule has 28 heavy (non-hydrogen) atoms. The van der Waals surface area contributed by atoms with Crippen LogP contribution in [-0.4, -0.2) is 55.9 Å². The Kier molecular flexibility index (Phi) is 7.62. The van der Waals surface area contributed by atoms with Crippen LogP contribution in [0.5, 0.6) is 5.75 Å². The summed E-state index contributed by atoms with van der Waals surface area (Å²) >= 11 is 1.53. The van der Waals surface area contributed by atoms with E-state index < -0.39 is 0 Å². The van der Waals surface area contributed by atoms with Crippen LogP contribution in [0.3, 0.4) is 0 Å². The highest BCUT2D eigenvalue weighted by Gasteiger charge is 2.18. The number of carbonyl (C=O) groups is 1. The molecule has 0 saturated carbocycles. The van der Waals surface area contributed by atoms with Crippen LogP contribution in [0, 0.1) is 0 Å². The molecule has 1 amide bonds. The molecule has 0 aliphatic carbocycles. The molecule has 1 aliphatic heterocycles. The molecule has 6 heteroatoms. The zero-order chi connectivity index (χ0) is 19.8. The maximum Gasteiger partial charge on any atom is 0.234 e. The quantitative estimate of drug-likeness (QED) is 0.681. The van der Waals surface area contributed by atoms with Gasteiger partial charge in [-0.1, -0.05) is 19.1 Å². The van der Waals surface area contributed by atoms with E-state index in [0.29, 0.717) is 12.4 Å². The fraction of sp³-hybridized carbons (Fsp3) is 0.409. The lowest BCUT2D eigenvalue weighted by Crippen LogP contribution is -2.46. The Morgan fingerprint density at radius 1 is 1.04 bits per heavy atom. The van der Waals surface area contributed by atoms with Crippen molar-refractivity contribution in [3.05, 3.63) is 48.5 Å². The van der Waals surface area contributed by atoms with Gasteiger partial charge in [-0.15, -0.1) is 11.8 Å². The van der Waals surface area contributed by atoms with Crippen molar-refractivity contribution in [1.82, 2.24) is 4.90 Å². The van der Waals surface area contributed by atoms with Gasteiger partial charge in [-0.3, -0.25) is 4.79 Å². The van der Waals surface area contributed by atoms with E-state index in [1.807, 2.05) is 49.4 Å². The summed E-state index contributed by atoms with van der Waals surface area (Å²) in [5, 5.41) is 3.10. The van der Waals surface area contributed by atoms with Crippen molar-refractivity contribution in [2.45, 2.75) is 18.7 Å². The molecule has 0 radical (unpaired) electrons. The number of para-hydroxylation sites is 2. The number of amides is 1. The number of rotatable bonds is 8. The Labute approximate surface area is 172 Å². The fourth-order valence-electron chi connectivity index (χ4n) is 3.29. The number of ether oxygens (including phenoxy) is 1. The van der Waals surface area contributed by atoms with Gasteiger partial charge in [0.2, 0.25) is 5.91 Å². The van der Waals surface area contributed by atoms with E-state index in [-0.39, 0.29) is 5.91 Å². The molecule has 1 saturated heterocycles. The van der Waals surface area contributed by atoms with Crippen LogP contribution >= 0.6 is 11.8 Å². The van der Waals surface area contributed by atoms with E-state index in [9.17, 15) is 4.79 Å². The zero-order valence-electron chi connectivity index (χ0n) is 16.7. The summed E-state index contributed by atoms with van der Waals surface area (Å²) in [6.07, 6.45) is 0. The first-order valence-electron chi connectivity index (χ1n) is 9.91.